The second kappa shape index (κ2) is 7.42. The van der Waals surface area contributed by atoms with Crippen molar-refractivity contribution < 1.29 is 17.5 Å². The average Bonchev–Trinajstić information content (AvgIpc) is 2.65. The molecule has 4 bridgehead atoms. The molecular weight excluding hydrogens is 487 g/mol. The molecule has 0 saturated heterocycles. The number of hydrogen-bond donors (Lipinski definition) is 2. The minimum atomic E-state index is -3.69. The van der Waals surface area contributed by atoms with Gasteiger partial charge in [-0.25, -0.2) is 17.9 Å². The Morgan fingerprint density at radius 3 is 2.48 bits per heavy atom. The second-order valence-corrected chi connectivity index (χ2v) is 12.5. The van der Waals surface area contributed by atoms with Crippen LogP contribution in [0, 0.1) is 40.4 Å². The van der Waals surface area contributed by atoms with E-state index in [1.165, 1.54) is 23.1 Å². The van der Waals surface area contributed by atoms with E-state index in [0.717, 1.165) is 12.8 Å². The summed E-state index contributed by atoms with van der Waals surface area (Å²) in [6.45, 7) is 3.38. The van der Waals surface area contributed by atoms with Gasteiger partial charge in [-0.2, -0.15) is 5.26 Å². The molecule has 0 amide bonds. The number of nitrogens with zero attached hydrogens (tertiary/aromatic N) is 2. The molecule has 4 aliphatic rings. The molecule has 3 N–H and O–H groups in total. The van der Waals surface area contributed by atoms with Gasteiger partial charge >= 0.3 is 0 Å². The second-order valence-electron chi connectivity index (χ2n) is 9.69. The van der Waals surface area contributed by atoms with Crippen molar-refractivity contribution >= 4 is 31.8 Å². The van der Waals surface area contributed by atoms with Crippen LogP contribution in [0.4, 0.5) is 4.39 Å². The number of rotatable bonds is 5. The summed E-state index contributed by atoms with van der Waals surface area (Å²) in [6.07, 6.45) is 5.32. The molecule has 4 saturated carbocycles. The number of ether oxygens (including phenoxy) is 1. The lowest BCUT2D eigenvalue weighted by Crippen LogP contribution is -2.66. The number of nitrogens with two attached hydrogens (primary N) is 1. The van der Waals surface area contributed by atoms with E-state index >= 15 is 0 Å². The van der Waals surface area contributed by atoms with Gasteiger partial charge in [-0.05, 0) is 97.8 Å². The maximum absolute atomic E-state index is 13.4. The smallest absolute Gasteiger partial charge is 0.214 e. The summed E-state index contributed by atoms with van der Waals surface area (Å²) >= 11 is 3.27. The number of nitrogens with one attached hydrogen (secondary N) is 1. The molecule has 168 valence electrons. The zero-order valence-electron chi connectivity index (χ0n) is 17.4. The van der Waals surface area contributed by atoms with Crippen LogP contribution in [-0.4, -0.2) is 35.5 Å². The van der Waals surface area contributed by atoms with E-state index in [0.29, 0.717) is 35.4 Å². The molecule has 0 spiro atoms. The highest BCUT2D eigenvalue weighted by Gasteiger charge is 2.61. The van der Waals surface area contributed by atoms with E-state index < -0.39 is 26.2 Å². The van der Waals surface area contributed by atoms with Crippen LogP contribution in [0.3, 0.4) is 0 Å². The number of benzene rings is 1. The van der Waals surface area contributed by atoms with Gasteiger partial charge in [0.25, 0.3) is 0 Å². The van der Waals surface area contributed by atoms with E-state index in [1.807, 2.05) is 0 Å². The third-order valence-electron chi connectivity index (χ3n) is 7.25. The average molecular weight is 513 g/mol. The summed E-state index contributed by atoms with van der Waals surface area (Å²) in [4.78, 5) is 1.40. The van der Waals surface area contributed by atoms with Gasteiger partial charge in [0.1, 0.15) is 11.6 Å². The van der Waals surface area contributed by atoms with Crippen molar-refractivity contribution in [1.82, 2.24) is 4.90 Å². The minimum absolute atomic E-state index is 0.00615. The molecular formula is C21H26BrFN4O3S. The number of amidine groups is 1. The summed E-state index contributed by atoms with van der Waals surface area (Å²) < 4.78 is 43.7. The molecule has 4 aliphatic carbocycles. The van der Waals surface area contributed by atoms with Crippen molar-refractivity contribution in [2.24, 2.45) is 22.9 Å². The Bertz CT molecular complexity index is 1050. The van der Waals surface area contributed by atoms with Gasteiger partial charge in [0.05, 0.1) is 15.3 Å². The van der Waals surface area contributed by atoms with Gasteiger partial charge < -0.3 is 4.74 Å². The minimum Gasteiger partial charge on any atom is -0.479 e. The molecule has 4 fully saturated rings. The Morgan fingerprint density at radius 2 is 1.97 bits per heavy atom. The fraction of sp³-hybridized carbons (Fsp3) is 0.619. The van der Waals surface area contributed by atoms with E-state index in [4.69, 9.17) is 15.3 Å². The Kier molecular flexibility index (Phi) is 5.39. The zero-order valence-corrected chi connectivity index (χ0v) is 19.8. The maximum Gasteiger partial charge on any atom is 0.214 e. The van der Waals surface area contributed by atoms with Crippen LogP contribution in [0.25, 0.3) is 0 Å². The molecule has 31 heavy (non-hydrogen) atoms. The summed E-state index contributed by atoms with van der Waals surface area (Å²) in [5, 5.41) is 24.4. The van der Waals surface area contributed by atoms with E-state index in [-0.39, 0.29) is 23.7 Å². The van der Waals surface area contributed by atoms with Crippen molar-refractivity contribution in [2.75, 3.05) is 0 Å². The summed E-state index contributed by atoms with van der Waals surface area (Å²) in [7, 11) is -3.69. The third-order valence-corrected chi connectivity index (χ3v) is 9.57. The van der Waals surface area contributed by atoms with Gasteiger partial charge in [0.2, 0.25) is 10.0 Å². The number of halogens is 2. The first-order valence-electron chi connectivity index (χ1n) is 10.3. The Balaban J connectivity index is 1.59. The first-order valence-corrected chi connectivity index (χ1v) is 12.7. The maximum atomic E-state index is 13.4. The van der Waals surface area contributed by atoms with Crippen LogP contribution in [-0.2, 0) is 10.0 Å². The molecule has 2 atom stereocenters. The van der Waals surface area contributed by atoms with Crippen molar-refractivity contribution in [3.63, 3.8) is 0 Å². The van der Waals surface area contributed by atoms with Crippen LogP contribution < -0.4 is 9.88 Å². The Labute approximate surface area is 190 Å². The number of primary sulfonamides is 1. The van der Waals surface area contributed by atoms with Gasteiger partial charge in [0, 0.05) is 0 Å². The topological polar surface area (TPSA) is 120 Å². The monoisotopic (exact) mass is 512 g/mol. The first kappa shape index (κ1) is 22.5. The third kappa shape index (κ3) is 3.74. The van der Waals surface area contributed by atoms with Crippen LogP contribution in [0.5, 0.6) is 5.75 Å². The lowest BCUT2D eigenvalue weighted by Gasteiger charge is -2.60. The van der Waals surface area contributed by atoms with E-state index in [9.17, 15) is 18.1 Å². The molecule has 1 aromatic rings. The quantitative estimate of drug-likeness (QED) is 0.269. The van der Waals surface area contributed by atoms with Gasteiger partial charge in [-0.3, -0.25) is 10.3 Å². The fourth-order valence-electron chi connectivity index (χ4n) is 6.13. The summed E-state index contributed by atoms with van der Waals surface area (Å²) in [5.74, 6) is 0.209. The molecule has 10 heteroatoms. The van der Waals surface area contributed by atoms with Crippen molar-refractivity contribution in [3.8, 4) is 11.9 Å². The highest BCUT2D eigenvalue weighted by molar-refractivity contribution is 9.10. The van der Waals surface area contributed by atoms with E-state index in [1.54, 1.807) is 13.8 Å². The normalized spacial score (nSPS) is 31.9. The lowest BCUT2D eigenvalue weighted by atomic mass is 9.53. The molecule has 5 rings (SSSR count). The fourth-order valence-corrected chi connectivity index (χ4v) is 7.92. The highest BCUT2D eigenvalue weighted by Crippen LogP contribution is 2.59. The highest BCUT2D eigenvalue weighted by atomic mass is 79.9. The molecule has 0 aliphatic heterocycles. The summed E-state index contributed by atoms with van der Waals surface area (Å²) in [6, 6.07) is 3.78. The van der Waals surface area contributed by atoms with Crippen LogP contribution in [0.15, 0.2) is 22.7 Å². The number of nitriles is 1. The number of hydrogen-bond acceptors (Lipinski definition) is 5. The Morgan fingerprint density at radius 1 is 1.35 bits per heavy atom. The van der Waals surface area contributed by atoms with Gasteiger partial charge in [0.15, 0.2) is 17.6 Å². The van der Waals surface area contributed by atoms with E-state index in [2.05, 4.69) is 22.1 Å². The van der Waals surface area contributed by atoms with Crippen LogP contribution in [0.1, 0.15) is 46.0 Å². The van der Waals surface area contributed by atoms with Gasteiger partial charge in [-0.15, -0.1) is 0 Å². The SMILES string of the molecule is CC(C)(Oc1ccc(F)cc1Br)C(=N)N(C#N)C1C2CC3CC1CC(S(N)(=O)=O)(C3)C2. The van der Waals surface area contributed by atoms with Crippen molar-refractivity contribution in [1.29, 1.82) is 10.7 Å². The number of sulfonamides is 1. The van der Waals surface area contributed by atoms with Crippen molar-refractivity contribution in [2.45, 2.75) is 62.3 Å². The van der Waals surface area contributed by atoms with Gasteiger partial charge in [-0.1, -0.05) is 0 Å². The standard InChI is InChI=1S/C21H26BrFN4O3S/c1-20(2,30-17-4-3-15(23)7-16(17)22)19(25)27(11-24)18-13-5-12-6-14(18)10-21(8-12,9-13)31(26,28)29/h3-4,7,12-14,18,25H,5-6,8-10H2,1-2H3,(H2,26,28,29). The molecule has 2 unspecified atom stereocenters. The Hall–Kier alpha value is -1.70. The predicted octanol–water partition coefficient (Wildman–Crippen LogP) is 3.74. The molecule has 7 nitrogen and oxygen atoms in total. The molecule has 0 radical (unpaired) electrons. The molecule has 0 heterocycles. The summed E-state index contributed by atoms with van der Waals surface area (Å²) in [5.41, 5.74) is -1.16. The van der Waals surface area contributed by atoms with Crippen LogP contribution in [0.2, 0.25) is 0 Å². The van der Waals surface area contributed by atoms with Crippen molar-refractivity contribution in [3.05, 3.63) is 28.5 Å². The zero-order chi connectivity index (χ0) is 22.8. The lowest BCUT2D eigenvalue weighted by molar-refractivity contribution is -0.0245. The predicted molar refractivity (Wildman–Crippen MR) is 117 cm³/mol. The van der Waals surface area contributed by atoms with Crippen LogP contribution >= 0.6 is 15.9 Å². The first-order chi connectivity index (χ1) is 14.4. The molecule has 1 aromatic carbocycles. The largest absolute Gasteiger partial charge is 0.479 e. The molecule has 0 aromatic heterocycles.